The fraction of sp³-hybridized carbons (Fsp3) is 0.154. The first kappa shape index (κ1) is 31.3. The summed E-state index contributed by atoms with van der Waals surface area (Å²) in [5, 5.41) is 1.38. The molecule has 0 fully saturated rings. The molecule has 3 aliphatic heterocycles. The minimum absolute atomic E-state index is 0.0113. The molecule has 12 rings (SSSR count). The van der Waals surface area contributed by atoms with Gasteiger partial charge in [0.25, 0.3) is 0 Å². The molecule has 0 N–H and O–H groups in total. The summed E-state index contributed by atoms with van der Waals surface area (Å²) < 4.78 is 2.77. The molecule has 3 heteroatoms. The van der Waals surface area contributed by atoms with Crippen molar-refractivity contribution >= 4 is 45.7 Å². The highest BCUT2D eigenvalue weighted by Gasteiger charge is 2.53. The fourth-order valence-corrected chi connectivity index (χ4v) is 11.3. The fourth-order valence-electron chi connectivity index (χ4n) is 11.3. The largest absolute Gasteiger partial charge is 0.375 e. The molecule has 2 nitrogen and oxygen atoms in total. The molecule has 0 amide bonds. The van der Waals surface area contributed by atoms with Crippen LogP contribution in [0.1, 0.15) is 73.6 Å². The molecule has 1 aromatic heterocycles. The van der Waals surface area contributed by atoms with E-state index in [4.69, 9.17) is 0 Å². The minimum Gasteiger partial charge on any atom is -0.375 e. The zero-order valence-corrected chi connectivity index (χ0v) is 32.0. The first-order valence-corrected chi connectivity index (χ1v) is 19.8. The Morgan fingerprint density at radius 3 is 1.89 bits per heavy atom. The molecule has 0 bridgehead atoms. The van der Waals surface area contributed by atoms with Crippen LogP contribution in [0.25, 0.3) is 33.3 Å². The lowest BCUT2D eigenvalue weighted by Crippen LogP contribution is -2.58. The average Bonchev–Trinajstić information content (AvgIpc) is 3.68. The van der Waals surface area contributed by atoms with Gasteiger partial charge in [0.15, 0.2) is 0 Å². The Balaban J connectivity index is 1.30. The van der Waals surface area contributed by atoms with E-state index in [1.807, 2.05) is 0 Å². The molecule has 4 aliphatic rings. The summed E-state index contributed by atoms with van der Waals surface area (Å²) in [4.78, 5) is 2.65. The van der Waals surface area contributed by atoms with Crippen molar-refractivity contribution in [2.75, 3.05) is 4.90 Å². The van der Waals surface area contributed by atoms with Crippen LogP contribution in [0, 0.1) is 0 Å². The van der Waals surface area contributed by atoms with Gasteiger partial charge in [-0.2, -0.15) is 0 Å². The number of anilines is 3. The number of hydrogen-bond donors (Lipinski definition) is 0. The predicted octanol–water partition coefficient (Wildman–Crippen LogP) is 11.4. The quantitative estimate of drug-likeness (QED) is 0.163. The number of fused-ring (bicyclic) bond motifs is 11. The van der Waals surface area contributed by atoms with Crippen LogP contribution in [-0.4, -0.2) is 11.3 Å². The summed E-state index contributed by atoms with van der Waals surface area (Å²) in [6.45, 7) is 11.9. The van der Waals surface area contributed by atoms with E-state index in [1.165, 1.54) is 100 Å². The Bertz CT molecular complexity index is 2900. The number of hydrogen-bond acceptors (Lipinski definition) is 1. The number of aromatic nitrogens is 1. The van der Waals surface area contributed by atoms with Gasteiger partial charge in [0, 0.05) is 44.5 Å². The maximum absolute atomic E-state index is 2.77. The summed E-state index contributed by atoms with van der Waals surface area (Å²) in [7, 11) is 0. The van der Waals surface area contributed by atoms with Gasteiger partial charge in [0.1, 0.15) is 0 Å². The normalized spacial score (nSPS) is 15.9. The predicted molar refractivity (Wildman–Crippen MR) is 231 cm³/mol. The van der Waals surface area contributed by atoms with Crippen molar-refractivity contribution in [3.63, 3.8) is 0 Å². The molecule has 0 atom stereocenters. The maximum atomic E-state index is 2.77. The molecule has 4 heterocycles. The molecule has 0 unspecified atom stereocenters. The van der Waals surface area contributed by atoms with Gasteiger partial charge in [0.2, 0.25) is 0 Å². The van der Waals surface area contributed by atoms with Gasteiger partial charge < -0.3 is 9.38 Å². The van der Waals surface area contributed by atoms with E-state index in [0.29, 0.717) is 0 Å². The second-order valence-corrected chi connectivity index (χ2v) is 17.7. The SMILES string of the molecule is CC(C)(C)c1cc2c3c(c1)N1c4ccccc4C(c4ccccc4)(c4ccccc4)c4cccc(c41)B3n1c3c(c4cccc-2c41)C(C)(C)c1ccccc1-3. The molecule has 7 aromatic carbocycles. The van der Waals surface area contributed by atoms with Gasteiger partial charge in [-0.3, -0.25) is 0 Å². The van der Waals surface area contributed by atoms with E-state index in [9.17, 15) is 0 Å². The summed E-state index contributed by atoms with van der Waals surface area (Å²) in [6, 6.07) is 60.2. The van der Waals surface area contributed by atoms with Gasteiger partial charge in [-0.05, 0) is 73.0 Å². The molecule has 262 valence electrons. The molecule has 0 spiro atoms. The van der Waals surface area contributed by atoms with Crippen LogP contribution in [0.15, 0.2) is 158 Å². The first-order chi connectivity index (χ1) is 26.7. The lowest BCUT2D eigenvalue weighted by Gasteiger charge is -2.51. The smallest absolute Gasteiger partial charge is 0.333 e. The van der Waals surface area contributed by atoms with E-state index >= 15 is 0 Å². The number of nitrogens with zero attached hydrogens (tertiary/aromatic N) is 2. The number of para-hydroxylation sites is 3. The monoisotopic (exact) mass is 704 g/mol. The molecule has 8 aromatic rings. The Labute approximate surface area is 323 Å². The molecule has 1 aliphatic carbocycles. The zero-order chi connectivity index (χ0) is 37.0. The first-order valence-electron chi connectivity index (χ1n) is 19.8. The second-order valence-electron chi connectivity index (χ2n) is 17.7. The van der Waals surface area contributed by atoms with Crippen LogP contribution in [0.4, 0.5) is 17.1 Å². The second kappa shape index (κ2) is 10.4. The van der Waals surface area contributed by atoms with Gasteiger partial charge in [-0.1, -0.05) is 180 Å². The average molecular weight is 705 g/mol. The summed E-state index contributed by atoms with van der Waals surface area (Å²) >= 11 is 0. The third-order valence-corrected chi connectivity index (χ3v) is 13.5. The lowest BCUT2D eigenvalue weighted by molar-refractivity contribution is 0.590. The molecular weight excluding hydrogens is 663 g/mol. The van der Waals surface area contributed by atoms with Crippen molar-refractivity contribution in [2.45, 2.75) is 50.9 Å². The van der Waals surface area contributed by atoms with E-state index in [0.717, 1.165) is 0 Å². The maximum Gasteiger partial charge on any atom is 0.333 e. The third-order valence-electron chi connectivity index (χ3n) is 13.5. The van der Waals surface area contributed by atoms with Crippen LogP contribution in [0.3, 0.4) is 0 Å². The van der Waals surface area contributed by atoms with Crippen molar-refractivity contribution in [2.24, 2.45) is 0 Å². The van der Waals surface area contributed by atoms with Crippen molar-refractivity contribution in [3.8, 4) is 22.4 Å². The highest BCUT2D eigenvalue weighted by molar-refractivity contribution is 6.90. The third kappa shape index (κ3) is 3.68. The van der Waals surface area contributed by atoms with Gasteiger partial charge >= 0.3 is 6.85 Å². The molecule has 0 saturated heterocycles. The highest BCUT2D eigenvalue weighted by Crippen LogP contribution is 2.60. The van der Waals surface area contributed by atoms with Crippen LogP contribution in [0.2, 0.25) is 0 Å². The van der Waals surface area contributed by atoms with Crippen LogP contribution >= 0.6 is 0 Å². The Hall–Kier alpha value is -6.06. The summed E-state index contributed by atoms with van der Waals surface area (Å²) in [6.07, 6.45) is 0. The van der Waals surface area contributed by atoms with E-state index in [2.05, 4.69) is 202 Å². The Kier molecular flexibility index (Phi) is 5.90. The van der Waals surface area contributed by atoms with Crippen LogP contribution < -0.4 is 15.8 Å². The molecule has 0 radical (unpaired) electrons. The van der Waals surface area contributed by atoms with Crippen molar-refractivity contribution in [1.29, 1.82) is 0 Å². The summed E-state index contributed by atoms with van der Waals surface area (Å²) in [5.41, 5.74) is 22.1. The van der Waals surface area contributed by atoms with Gasteiger partial charge in [0.05, 0.1) is 11.1 Å². The minimum atomic E-state index is -0.530. The lowest BCUT2D eigenvalue weighted by atomic mass is 9.43. The standard InChI is InChI=1S/C52H41BN2/c1-50(2,3)34-30-38-35-23-16-24-37-45-48(36-22-12-13-25-39(36)51(45,4)5)55(47(35)37)53-42-28-17-27-41-49(42)54(44(31-34)46(38)53)43-29-15-14-26-40(43)52(41,32-18-8-6-9-19-32)33-20-10-7-11-21-33/h6-31H,1-5H3. The van der Waals surface area contributed by atoms with Crippen molar-refractivity contribution in [3.05, 3.63) is 197 Å². The Morgan fingerprint density at radius 1 is 0.545 bits per heavy atom. The molecular formula is C52H41BN2. The topological polar surface area (TPSA) is 8.17 Å². The van der Waals surface area contributed by atoms with E-state index < -0.39 is 5.41 Å². The van der Waals surface area contributed by atoms with Crippen LogP contribution in [-0.2, 0) is 16.2 Å². The van der Waals surface area contributed by atoms with E-state index in [-0.39, 0.29) is 17.7 Å². The Morgan fingerprint density at radius 2 is 1.16 bits per heavy atom. The zero-order valence-electron chi connectivity index (χ0n) is 32.0. The van der Waals surface area contributed by atoms with Crippen LogP contribution in [0.5, 0.6) is 0 Å². The number of rotatable bonds is 2. The van der Waals surface area contributed by atoms with E-state index in [1.54, 1.807) is 0 Å². The number of benzene rings is 7. The van der Waals surface area contributed by atoms with Gasteiger partial charge in [-0.15, -0.1) is 0 Å². The highest BCUT2D eigenvalue weighted by atomic mass is 15.2. The molecule has 55 heavy (non-hydrogen) atoms. The summed E-state index contributed by atoms with van der Waals surface area (Å²) in [5.74, 6) is 0. The van der Waals surface area contributed by atoms with Crippen molar-refractivity contribution in [1.82, 2.24) is 4.48 Å². The molecule has 0 saturated carbocycles. The van der Waals surface area contributed by atoms with Crippen molar-refractivity contribution < 1.29 is 0 Å². The van der Waals surface area contributed by atoms with Gasteiger partial charge in [-0.25, -0.2) is 0 Å².